The molecule has 3 aromatic rings. The van der Waals surface area contributed by atoms with Crippen molar-refractivity contribution in [2.75, 3.05) is 6.54 Å². The topological polar surface area (TPSA) is 92.1 Å². The second-order valence-electron chi connectivity index (χ2n) is 6.55. The second-order valence-corrected chi connectivity index (χ2v) is 6.55. The Morgan fingerprint density at radius 3 is 2.85 bits per heavy atom. The summed E-state index contributed by atoms with van der Waals surface area (Å²) in [5.74, 6) is 0.668. The van der Waals surface area contributed by atoms with Gasteiger partial charge in [-0.25, -0.2) is 4.98 Å². The molecule has 2 heterocycles. The Balaban J connectivity index is 1.64. The number of nitro groups is 1. The fourth-order valence-corrected chi connectivity index (χ4v) is 3.58. The van der Waals surface area contributed by atoms with Crippen LogP contribution < -0.4 is 0 Å². The van der Waals surface area contributed by atoms with Crippen LogP contribution in [0.5, 0.6) is 0 Å². The number of benzene rings is 2. The van der Waals surface area contributed by atoms with Crippen molar-refractivity contribution in [1.29, 1.82) is 0 Å². The van der Waals surface area contributed by atoms with E-state index in [0.717, 1.165) is 29.7 Å². The van der Waals surface area contributed by atoms with E-state index in [9.17, 15) is 14.9 Å². The highest BCUT2D eigenvalue weighted by molar-refractivity contribution is 5.95. The fraction of sp³-hybridized carbons (Fsp3) is 0.263. The third-order valence-corrected chi connectivity index (χ3v) is 4.88. The Labute approximate surface area is 149 Å². The Kier molecular flexibility index (Phi) is 3.91. The number of carbonyl (C=O) groups is 1. The molecule has 0 aliphatic carbocycles. The number of nitrogens with zero attached hydrogens (tertiary/aromatic N) is 3. The van der Waals surface area contributed by atoms with Gasteiger partial charge in [-0.2, -0.15) is 0 Å². The lowest BCUT2D eigenvalue weighted by Gasteiger charge is -2.23. The Bertz CT molecular complexity index is 978. The van der Waals surface area contributed by atoms with Gasteiger partial charge in [0.05, 0.1) is 22.0 Å². The zero-order valence-corrected chi connectivity index (χ0v) is 14.3. The molecular weight excluding hydrogens is 332 g/mol. The quantitative estimate of drug-likeness (QED) is 0.575. The number of hydrogen-bond acceptors (Lipinski definition) is 4. The number of imidazole rings is 1. The van der Waals surface area contributed by atoms with Crippen molar-refractivity contribution in [3.8, 4) is 0 Å². The highest BCUT2D eigenvalue weighted by Gasteiger charge is 2.33. The van der Waals surface area contributed by atoms with Crippen LogP contribution in [0.2, 0.25) is 0 Å². The maximum Gasteiger partial charge on any atom is 0.272 e. The zero-order chi connectivity index (χ0) is 18.3. The van der Waals surface area contributed by atoms with E-state index in [4.69, 9.17) is 0 Å². The third kappa shape index (κ3) is 2.71. The summed E-state index contributed by atoms with van der Waals surface area (Å²) in [5, 5.41) is 11.0. The van der Waals surface area contributed by atoms with Gasteiger partial charge in [0.15, 0.2) is 0 Å². The highest BCUT2D eigenvalue weighted by Crippen LogP contribution is 2.33. The summed E-state index contributed by atoms with van der Waals surface area (Å²) in [7, 11) is 0. The van der Waals surface area contributed by atoms with Crippen molar-refractivity contribution in [1.82, 2.24) is 14.9 Å². The number of nitrogens with one attached hydrogen (secondary N) is 1. The summed E-state index contributed by atoms with van der Waals surface area (Å²) in [5.41, 5.74) is 2.81. The first-order chi connectivity index (χ1) is 12.5. The molecule has 7 nitrogen and oxygen atoms in total. The van der Waals surface area contributed by atoms with Crippen LogP contribution in [0, 0.1) is 17.0 Å². The summed E-state index contributed by atoms with van der Waals surface area (Å²) in [6, 6.07) is 12.2. The molecule has 0 spiro atoms. The monoisotopic (exact) mass is 350 g/mol. The van der Waals surface area contributed by atoms with Crippen molar-refractivity contribution in [2.45, 2.75) is 25.8 Å². The first-order valence-corrected chi connectivity index (χ1v) is 8.55. The number of hydrogen-bond donors (Lipinski definition) is 1. The first-order valence-electron chi connectivity index (χ1n) is 8.55. The highest BCUT2D eigenvalue weighted by atomic mass is 16.6. The van der Waals surface area contributed by atoms with E-state index < -0.39 is 4.92 Å². The summed E-state index contributed by atoms with van der Waals surface area (Å²) >= 11 is 0. The van der Waals surface area contributed by atoms with Crippen molar-refractivity contribution in [2.24, 2.45) is 0 Å². The number of likely N-dealkylation sites (tertiary alicyclic amines) is 1. The standard InChI is InChI=1S/C19H18N4O3/c1-12-11-13(8-9-16(12)23(25)26)19(24)22-10-4-7-17(22)18-20-14-5-2-3-6-15(14)21-18/h2-3,5-6,8-9,11,17H,4,7,10H2,1H3,(H,20,21)/t17-/m1/s1. The van der Waals surface area contributed by atoms with Crippen LogP contribution in [0.25, 0.3) is 11.0 Å². The molecule has 2 aromatic carbocycles. The molecule has 0 radical (unpaired) electrons. The van der Waals surface area contributed by atoms with Gasteiger partial charge < -0.3 is 9.88 Å². The molecule has 0 bridgehead atoms. The summed E-state index contributed by atoms with van der Waals surface area (Å²) in [4.78, 5) is 33.3. The van der Waals surface area contributed by atoms with Crippen LogP contribution in [0.3, 0.4) is 0 Å². The smallest absolute Gasteiger partial charge is 0.272 e. The van der Waals surface area contributed by atoms with Gasteiger partial charge in [0.2, 0.25) is 0 Å². The number of aromatic amines is 1. The second kappa shape index (κ2) is 6.25. The third-order valence-electron chi connectivity index (χ3n) is 4.88. The number of aromatic nitrogens is 2. The molecule has 7 heteroatoms. The van der Waals surface area contributed by atoms with Gasteiger partial charge in [0, 0.05) is 23.7 Å². The van der Waals surface area contributed by atoms with E-state index in [-0.39, 0.29) is 17.6 Å². The number of carbonyl (C=O) groups excluding carboxylic acids is 1. The largest absolute Gasteiger partial charge is 0.340 e. The number of H-pyrrole nitrogens is 1. The van der Waals surface area contributed by atoms with Crippen molar-refractivity contribution < 1.29 is 9.72 Å². The maximum absolute atomic E-state index is 13.0. The lowest BCUT2D eigenvalue weighted by molar-refractivity contribution is -0.385. The molecule has 1 aliphatic heterocycles. The molecular formula is C19H18N4O3. The molecule has 0 saturated carbocycles. The van der Waals surface area contributed by atoms with Crippen LogP contribution in [0.1, 0.15) is 40.6 Å². The van der Waals surface area contributed by atoms with Gasteiger partial charge in [-0.05, 0) is 44.0 Å². The van der Waals surface area contributed by atoms with E-state index >= 15 is 0 Å². The van der Waals surface area contributed by atoms with Gasteiger partial charge >= 0.3 is 0 Å². The molecule has 1 saturated heterocycles. The number of fused-ring (bicyclic) bond motifs is 1. The molecule has 4 rings (SSSR count). The van der Waals surface area contributed by atoms with Crippen LogP contribution >= 0.6 is 0 Å². The average molecular weight is 350 g/mol. The average Bonchev–Trinajstić information content (AvgIpc) is 3.26. The van der Waals surface area contributed by atoms with E-state index in [1.54, 1.807) is 17.9 Å². The predicted octanol–water partition coefficient (Wildman–Crippen LogP) is 3.76. The van der Waals surface area contributed by atoms with Crippen LogP contribution in [-0.4, -0.2) is 32.2 Å². The van der Waals surface area contributed by atoms with Gasteiger partial charge in [-0.3, -0.25) is 14.9 Å². The van der Waals surface area contributed by atoms with Gasteiger partial charge in [-0.1, -0.05) is 12.1 Å². The lowest BCUT2D eigenvalue weighted by atomic mass is 10.1. The van der Waals surface area contributed by atoms with Gasteiger partial charge in [0.25, 0.3) is 11.6 Å². The molecule has 1 atom stereocenters. The fourth-order valence-electron chi connectivity index (χ4n) is 3.58. The van der Waals surface area contributed by atoms with E-state index in [1.165, 1.54) is 12.1 Å². The molecule has 26 heavy (non-hydrogen) atoms. The van der Waals surface area contributed by atoms with Crippen molar-refractivity contribution in [3.63, 3.8) is 0 Å². The van der Waals surface area contributed by atoms with E-state index in [1.807, 2.05) is 24.3 Å². The van der Waals surface area contributed by atoms with Crippen LogP contribution in [0.4, 0.5) is 5.69 Å². The number of para-hydroxylation sites is 2. The minimum Gasteiger partial charge on any atom is -0.340 e. The number of amides is 1. The normalized spacial score (nSPS) is 17.0. The van der Waals surface area contributed by atoms with Crippen molar-refractivity contribution >= 4 is 22.6 Å². The Morgan fingerprint density at radius 1 is 1.31 bits per heavy atom. The zero-order valence-electron chi connectivity index (χ0n) is 14.3. The minimum absolute atomic E-state index is 0.0248. The van der Waals surface area contributed by atoms with Gasteiger partial charge in [0.1, 0.15) is 5.82 Å². The van der Waals surface area contributed by atoms with E-state index in [0.29, 0.717) is 17.7 Å². The van der Waals surface area contributed by atoms with E-state index in [2.05, 4.69) is 9.97 Å². The molecule has 1 amide bonds. The Hall–Kier alpha value is -3.22. The van der Waals surface area contributed by atoms with Crippen LogP contribution in [-0.2, 0) is 0 Å². The lowest BCUT2D eigenvalue weighted by Crippen LogP contribution is -2.31. The molecule has 0 unspecified atom stereocenters. The molecule has 1 aromatic heterocycles. The summed E-state index contributed by atoms with van der Waals surface area (Å²) < 4.78 is 0. The molecule has 132 valence electrons. The summed E-state index contributed by atoms with van der Waals surface area (Å²) in [6.07, 6.45) is 1.75. The van der Waals surface area contributed by atoms with Crippen LogP contribution in [0.15, 0.2) is 42.5 Å². The number of aryl methyl sites for hydroxylation is 1. The number of rotatable bonds is 3. The predicted molar refractivity (Wildman–Crippen MR) is 96.9 cm³/mol. The van der Waals surface area contributed by atoms with Gasteiger partial charge in [-0.15, -0.1) is 0 Å². The maximum atomic E-state index is 13.0. The van der Waals surface area contributed by atoms with Crippen molar-refractivity contribution in [3.05, 3.63) is 69.5 Å². The molecule has 1 aliphatic rings. The Morgan fingerprint density at radius 2 is 2.12 bits per heavy atom. The molecule has 1 fully saturated rings. The summed E-state index contributed by atoms with van der Waals surface area (Å²) in [6.45, 7) is 2.30. The molecule has 1 N–H and O–H groups in total. The minimum atomic E-state index is -0.434. The first kappa shape index (κ1) is 16.3. The SMILES string of the molecule is Cc1cc(C(=O)N2CCC[C@@H]2c2nc3ccccc3[nH]2)ccc1[N+](=O)[O-]. The number of nitro benzene ring substituents is 1.